The Morgan fingerprint density at radius 1 is 1.04 bits per heavy atom. The fraction of sp³-hybridized carbons (Fsp3) is 0.500. The molecule has 0 bridgehead atoms. The SMILES string of the molecule is Cc1cc(Nc2ccccc2C(C)(C)C)nc(NC2CCCC2)n1. The molecule has 0 radical (unpaired) electrons. The zero-order valence-electron chi connectivity index (χ0n) is 15.2. The fourth-order valence-electron chi connectivity index (χ4n) is 3.33. The largest absolute Gasteiger partial charge is 0.351 e. The molecule has 1 heterocycles. The normalized spacial score (nSPS) is 15.5. The van der Waals surface area contributed by atoms with Crippen molar-refractivity contribution in [1.29, 1.82) is 0 Å². The lowest BCUT2D eigenvalue weighted by molar-refractivity contribution is 0.592. The maximum absolute atomic E-state index is 4.68. The maximum Gasteiger partial charge on any atom is 0.225 e. The summed E-state index contributed by atoms with van der Waals surface area (Å²) in [6.45, 7) is 8.70. The van der Waals surface area contributed by atoms with E-state index < -0.39 is 0 Å². The number of hydrogen-bond donors (Lipinski definition) is 2. The molecular formula is C20H28N4. The van der Waals surface area contributed by atoms with Gasteiger partial charge in [0.05, 0.1) is 0 Å². The quantitative estimate of drug-likeness (QED) is 0.813. The fourth-order valence-corrected chi connectivity index (χ4v) is 3.33. The molecule has 0 atom stereocenters. The van der Waals surface area contributed by atoms with Crippen molar-refractivity contribution >= 4 is 17.5 Å². The van der Waals surface area contributed by atoms with E-state index in [1.807, 2.05) is 13.0 Å². The van der Waals surface area contributed by atoms with Crippen molar-refractivity contribution in [1.82, 2.24) is 9.97 Å². The van der Waals surface area contributed by atoms with Gasteiger partial charge in [-0.05, 0) is 36.8 Å². The van der Waals surface area contributed by atoms with E-state index in [2.05, 4.69) is 65.6 Å². The van der Waals surface area contributed by atoms with Crippen LogP contribution in [0.15, 0.2) is 30.3 Å². The lowest BCUT2D eigenvalue weighted by atomic mass is 9.86. The molecule has 0 spiro atoms. The summed E-state index contributed by atoms with van der Waals surface area (Å²) in [6.07, 6.45) is 5.03. The zero-order chi connectivity index (χ0) is 17.2. The van der Waals surface area contributed by atoms with Crippen molar-refractivity contribution in [2.24, 2.45) is 0 Å². The highest BCUT2D eigenvalue weighted by molar-refractivity contribution is 5.63. The van der Waals surface area contributed by atoms with E-state index in [0.717, 1.165) is 23.1 Å². The first-order valence-corrected chi connectivity index (χ1v) is 8.90. The number of aryl methyl sites for hydroxylation is 1. The second-order valence-electron chi connectivity index (χ2n) is 7.76. The highest BCUT2D eigenvalue weighted by Crippen LogP contribution is 2.31. The van der Waals surface area contributed by atoms with E-state index in [-0.39, 0.29) is 5.41 Å². The van der Waals surface area contributed by atoms with Crippen LogP contribution in [0, 0.1) is 6.92 Å². The molecule has 1 aliphatic carbocycles. The first-order valence-electron chi connectivity index (χ1n) is 8.90. The molecule has 128 valence electrons. The summed E-state index contributed by atoms with van der Waals surface area (Å²) in [6, 6.07) is 10.9. The molecule has 2 N–H and O–H groups in total. The lowest BCUT2D eigenvalue weighted by Gasteiger charge is -2.23. The van der Waals surface area contributed by atoms with Crippen LogP contribution in [0.3, 0.4) is 0 Å². The Bertz CT molecular complexity index is 697. The van der Waals surface area contributed by atoms with Gasteiger partial charge in [-0.2, -0.15) is 4.98 Å². The number of anilines is 3. The molecule has 0 saturated heterocycles. The number of aromatic nitrogens is 2. The zero-order valence-corrected chi connectivity index (χ0v) is 15.2. The minimum atomic E-state index is 0.0800. The van der Waals surface area contributed by atoms with Gasteiger partial charge in [0.25, 0.3) is 0 Å². The average Bonchev–Trinajstić information content (AvgIpc) is 2.99. The Labute approximate surface area is 145 Å². The highest BCUT2D eigenvalue weighted by Gasteiger charge is 2.19. The van der Waals surface area contributed by atoms with E-state index in [4.69, 9.17) is 0 Å². The van der Waals surface area contributed by atoms with Crippen LogP contribution in [0.2, 0.25) is 0 Å². The van der Waals surface area contributed by atoms with Gasteiger partial charge in [-0.25, -0.2) is 4.98 Å². The summed E-state index contributed by atoms with van der Waals surface area (Å²) in [4.78, 5) is 9.23. The van der Waals surface area contributed by atoms with Crippen LogP contribution >= 0.6 is 0 Å². The first-order chi connectivity index (χ1) is 11.4. The second-order valence-corrected chi connectivity index (χ2v) is 7.76. The molecule has 1 aromatic carbocycles. The monoisotopic (exact) mass is 324 g/mol. The predicted molar refractivity (Wildman–Crippen MR) is 101 cm³/mol. The number of para-hydroxylation sites is 1. The van der Waals surface area contributed by atoms with Gasteiger partial charge in [-0.15, -0.1) is 0 Å². The molecular weight excluding hydrogens is 296 g/mol. The van der Waals surface area contributed by atoms with Crippen molar-refractivity contribution in [2.75, 3.05) is 10.6 Å². The lowest BCUT2D eigenvalue weighted by Crippen LogP contribution is -2.17. The van der Waals surface area contributed by atoms with Crippen LogP contribution in [0.1, 0.15) is 57.7 Å². The van der Waals surface area contributed by atoms with Gasteiger partial charge < -0.3 is 10.6 Å². The molecule has 1 saturated carbocycles. The molecule has 24 heavy (non-hydrogen) atoms. The number of nitrogens with one attached hydrogen (secondary N) is 2. The Morgan fingerprint density at radius 2 is 1.75 bits per heavy atom. The van der Waals surface area contributed by atoms with E-state index in [1.54, 1.807) is 0 Å². The standard InChI is InChI=1S/C20H28N4/c1-14-13-18(24-19(21-14)22-15-9-5-6-10-15)23-17-12-8-7-11-16(17)20(2,3)4/h7-8,11-13,15H,5-6,9-10H2,1-4H3,(H2,21,22,23,24). The molecule has 4 heteroatoms. The van der Waals surface area contributed by atoms with Crippen LogP contribution in [0.4, 0.5) is 17.5 Å². The third-order valence-electron chi connectivity index (χ3n) is 4.54. The summed E-state index contributed by atoms with van der Waals surface area (Å²) in [7, 11) is 0. The van der Waals surface area contributed by atoms with Crippen LogP contribution in [-0.2, 0) is 5.41 Å². The van der Waals surface area contributed by atoms with Crippen LogP contribution in [-0.4, -0.2) is 16.0 Å². The number of hydrogen-bond acceptors (Lipinski definition) is 4. The van der Waals surface area contributed by atoms with Gasteiger partial charge in [0, 0.05) is 23.5 Å². The van der Waals surface area contributed by atoms with Gasteiger partial charge in [0.1, 0.15) is 5.82 Å². The maximum atomic E-state index is 4.68. The van der Waals surface area contributed by atoms with Crippen molar-refractivity contribution in [3.8, 4) is 0 Å². The Kier molecular flexibility index (Phi) is 4.74. The van der Waals surface area contributed by atoms with E-state index >= 15 is 0 Å². The summed E-state index contributed by atoms with van der Waals surface area (Å²) in [5.41, 5.74) is 3.44. The highest BCUT2D eigenvalue weighted by atomic mass is 15.2. The van der Waals surface area contributed by atoms with Crippen LogP contribution < -0.4 is 10.6 Å². The molecule has 1 aliphatic rings. The summed E-state index contributed by atoms with van der Waals surface area (Å²) < 4.78 is 0. The average molecular weight is 324 g/mol. The Balaban J connectivity index is 1.84. The number of rotatable bonds is 4. The molecule has 2 aromatic rings. The van der Waals surface area contributed by atoms with Crippen LogP contribution in [0.5, 0.6) is 0 Å². The second kappa shape index (κ2) is 6.80. The summed E-state index contributed by atoms with van der Waals surface area (Å²) in [5.74, 6) is 1.58. The minimum absolute atomic E-state index is 0.0800. The smallest absolute Gasteiger partial charge is 0.225 e. The van der Waals surface area contributed by atoms with Crippen molar-refractivity contribution in [3.05, 3.63) is 41.6 Å². The van der Waals surface area contributed by atoms with Gasteiger partial charge in [-0.3, -0.25) is 0 Å². The van der Waals surface area contributed by atoms with Gasteiger partial charge in [-0.1, -0.05) is 51.8 Å². The van der Waals surface area contributed by atoms with Crippen LogP contribution in [0.25, 0.3) is 0 Å². The predicted octanol–water partition coefficient (Wildman–Crippen LogP) is 5.18. The molecule has 0 aliphatic heterocycles. The Morgan fingerprint density at radius 3 is 2.46 bits per heavy atom. The third kappa shape index (κ3) is 4.05. The molecule has 1 aromatic heterocycles. The van der Waals surface area contributed by atoms with Gasteiger partial charge in [0.2, 0.25) is 5.95 Å². The minimum Gasteiger partial charge on any atom is -0.351 e. The first kappa shape index (κ1) is 16.7. The number of benzene rings is 1. The Hall–Kier alpha value is -2.10. The number of nitrogens with zero attached hydrogens (tertiary/aromatic N) is 2. The summed E-state index contributed by atoms with van der Waals surface area (Å²) >= 11 is 0. The molecule has 0 unspecified atom stereocenters. The molecule has 3 rings (SSSR count). The molecule has 4 nitrogen and oxygen atoms in total. The van der Waals surface area contributed by atoms with E-state index in [0.29, 0.717) is 6.04 Å². The van der Waals surface area contributed by atoms with E-state index in [1.165, 1.54) is 31.2 Å². The van der Waals surface area contributed by atoms with Crippen molar-refractivity contribution in [2.45, 2.75) is 64.8 Å². The van der Waals surface area contributed by atoms with Gasteiger partial charge >= 0.3 is 0 Å². The molecule has 0 amide bonds. The van der Waals surface area contributed by atoms with Gasteiger partial charge in [0.15, 0.2) is 0 Å². The molecule has 1 fully saturated rings. The topological polar surface area (TPSA) is 49.8 Å². The van der Waals surface area contributed by atoms with Crippen molar-refractivity contribution < 1.29 is 0 Å². The van der Waals surface area contributed by atoms with Crippen molar-refractivity contribution in [3.63, 3.8) is 0 Å². The third-order valence-corrected chi connectivity index (χ3v) is 4.54. The summed E-state index contributed by atoms with van der Waals surface area (Å²) in [5, 5.41) is 6.98. The van der Waals surface area contributed by atoms with E-state index in [9.17, 15) is 0 Å².